The molecule has 1 aromatic carbocycles. The van der Waals surface area contributed by atoms with Gasteiger partial charge in [-0.1, -0.05) is 24.3 Å². The van der Waals surface area contributed by atoms with E-state index >= 15 is 0 Å². The number of benzene rings is 1. The first-order valence-corrected chi connectivity index (χ1v) is 6.29. The number of nitrogens with two attached hydrogens (primary N) is 1. The number of unbranched alkanes of at least 4 members (excludes halogenated alkanes) is 1. The summed E-state index contributed by atoms with van der Waals surface area (Å²) in [6.07, 6.45) is 2.28. The number of fused-ring (bicyclic) bond motifs is 4. The molecule has 0 spiro atoms. The van der Waals surface area contributed by atoms with Crippen LogP contribution in [0.1, 0.15) is 36.8 Å². The molecular formula is C14H18N2O2. The van der Waals surface area contributed by atoms with Gasteiger partial charge in [-0.3, -0.25) is 9.59 Å². The Kier molecular flexibility index (Phi) is 3.97. The van der Waals surface area contributed by atoms with Crippen LogP contribution in [0.2, 0.25) is 0 Å². The largest absolute Gasteiger partial charge is 0.370 e. The maximum Gasteiger partial charge on any atom is 0.223 e. The lowest BCUT2D eigenvalue weighted by atomic mass is 10.1. The van der Waals surface area contributed by atoms with Crippen LogP contribution < -0.4 is 5.73 Å². The second-order valence-electron chi connectivity index (χ2n) is 4.74. The van der Waals surface area contributed by atoms with Gasteiger partial charge in [-0.25, -0.2) is 0 Å². The standard InChI is InChI=1S/C14H18N2O2/c15-13(17)3-1-2-4-14(18)16-9-11-5-6-12(10-16)8-7-11/h5-8H,1-4,9-10H2,(H2,15,17). The fourth-order valence-electron chi connectivity index (χ4n) is 2.16. The van der Waals surface area contributed by atoms with Gasteiger partial charge in [0.25, 0.3) is 0 Å². The van der Waals surface area contributed by atoms with Crippen LogP contribution >= 0.6 is 0 Å². The molecule has 2 bridgehead atoms. The molecule has 0 saturated carbocycles. The number of primary amides is 1. The maximum atomic E-state index is 12.0. The Balaban J connectivity index is 1.80. The van der Waals surface area contributed by atoms with Crippen LogP contribution in [-0.4, -0.2) is 16.7 Å². The predicted octanol–water partition coefficient (Wildman–Crippen LogP) is 1.57. The Bertz CT molecular complexity index is 415. The third-order valence-corrected chi connectivity index (χ3v) is 3.19. The maximum absolute atomic E-state index is 12.0. The Morgan fingerprint density at radius 3 is 2.00 bits per heavy atom. The van der Waals surface area contributed by atoms with Gasteiger partial charge in [0.1, 0.15) is 0 Å². The van der Waals surface area contributed by atoms with Gasteiger partial charge in [0.15, 0.2) is 0 Å². The Morgan fingerprint density at radius 2 is 1.50 bits per heavy atom. The zero-order valence-electron chi connectivity index (χ0n) is 10.4. The minimum absolute atomic E-state index is 0.155. The lowest BCUT2D eigenvalue weighted by Gasteiger charge is -2.20. The van der Waals surface area contributed by atoms with E-state index in [4.69, 9.17) is 5.73 Å². The van der Waals surface area contributed by atoms with E-state index in [0.717, 1.165) is 6.42 Å². The molecule has 2 amide bonds. The summed E-state index contributed by atoms with van der Waals surface area (Å²) in [4.78, 5) is 24.5. The number of hydrogen-bond acceptors (Lipinski definition) is 2. The quantitative estimate of drug-likeness (QED) is 0.802. The second kappa shape index (κ2) is 5.67. The number of rotatable bonds is 5. The summed E-state index contributed by atoms with van der Waals surface area (Å²) in [5.74, 6) is -0.142. The van der Waals surface area contributed by atoms with Gasteiger partial charge < -0.3 is 10.6 Å². The lowest BCUT2D eigenvalue weighted by molar-refractivity contribution is -0.132. The average Bonchev–Trinajstić information content (AvgIpc) is 2.67. The highest BCUT2D eigenvalue weighted by Gasteiger charge is 2.17. The van der Waals surface area contributed by atoms with Crippen molar-refractivity contribution in [3.8, 4) is 0 Å². The van der Waals surface area contributed by atoms with Crippen molar-refractivity contribution in [3.63, 3.8) is 0 Å². The van der Waals surface area contributed by atoms with E-state index in [1.807, 2.05) is 4.90 Å². The van der Waals surface area contributed by atoms with E-state index in [2.05, 4.69) is 24.3 Å². The molecule has 0 fully saturated rings. The SMILES string of the molecule is NC(=O)CCCCC(=O)N1Cc2ccc(cc2)C1. The molecule has 3 rings (SSSR count). The molecule has 96 valence electrons. The lowest BCUT2D eigenvalue weighted by Crippen LogP contribution is -2.28. The third-order valence-electron chi connectivity index (χ3n) is 3.19. The van der Waals surface area contributed by atoms with Gasteiger partial charge in [0, 0.05) is 25.9 Å². The smallest absolute Gasteiger partial charge is 0.223 e. The molecule has 2 aliphatic rings. The van der Waals surface area contributed by atoms with Crippen LogP contribution in [0.4, 0.5) is 0 Å². The van der Waals surface area contributed by atoms with E-state index in [9.17, 15) is 9.59 Å². The minimum Gasteiger partial charge on any atom is -0.370 e. The molecule has 0 saturated heterocycles. The molecule has 2 N–H and O–H groups in total. The van der Waals surface area contributed by atoms with Crippen molar-refractivity contribution in [2.75, 3.05) is 0 Å². The van der Waals surface area contributed by atoms with Crippen molar-refractivity contribution in [2.45, 2.75) is 38.8 Å². The minimum atomic E-state index is -0.297. The second-order valence-corrected chi connectivity index (χ2v) is 4.74. The number of amides is 2. The van der Waals surface area contributed by atoms with Crippen molar-refractivity contribution in [1.29, 1.82) is 0 Å². The van der Waals surface area contributed by atoms with Gasteiger partial charge in [-0.05, 0) is 24.0 Å². The molecule has 0 atom stereocenters. The normalized spacial score (nSPS) is 13.4. The first-order valence-electron chi connectivity index (χ1n) is 6.29. The molecule has 4 nitrogen and oxygen atoms in total. The summed E-state index contributed by atoms with van der Waals surface area (Å²) in [7, 11) is 0. The van der Waals surface area contributed by atoms with Gasteiger partial charge >= 0.3 is 0 Å². The number of hydrogen-bond donors (Lipinski definition) is 1. The van der Waals surface area contributed by atoms with E-state index < -0.39 is 0 Å². The highest BCUT2D eigenvalue weighted by molar-refractivity contribution is 5.76. The van der Waals surface area contributed by atoms with Gasteiger partial charge in [-0.2, -0.15) is 0 Å². The van der Waals surface area contributed by atoms with Crippen molar-refractivity contribution < 1.29 is 9.59 Å². The van der Waals surface area contributed by atoms with Crippen LogP contribution in [0, 0.1) is 0 Å². The molecule has 18 heavy (non-hydrogen) atoms. The summed E-state index contributed by atoms with van der Waals surface area (Å²) in [6, 6.07) is 8.26. The summed E-state index contributed by atoms with van der Waals surface area (Å²) in [5, 5.41) is 0. The fraction of sp³-hybridized carbons (Fsp3) is 0.429. The monoisotopic (exact) mass is 246 g/mol. The van der Waals surface area contributed by atoms with Gasteiger partial charge in [-0.15, -0.1) is 0 Å². The highest BCUT2D eigenvalue weighted by Crippen LogP contribution is 2.18. The Labute approximate surface area is 107 Å². The zero-order chi connectivity index (χ0) is 13.0. The topological polar surface area (TPSA) is 63.4 Å². The average molecular weight is 246 g/mol. The molecule has 4 heteroatoms. The van der Waals surface area contributed by atoms with Crippen molar-refractivity contribution in [1.82, 2.24) is 4.90 Å². The van der Waals surface area contributed by atoms with E-state index in [-0.39, 0.29) is 11.8 Å². The van der Waals surface area contributed by atoms with Crippen molar-refractivity contribution in [3.05, 3.63) is 35.4 Å². The van der Waals surface area contributed by atoms with Crippen LogP contribution in [-0.2, 0) is 22.7 Å². The number of nitrogens with zero attached hydrogens (tertiary/aromatic N) is 1. The highest BCUT2D eigenvalue weighted by atomic mass is 16.2. The molecule has 0 unspecified atom stereocenters. The molecule has 0 aromatic heterocycles. The summed E-state index contributed by atoms with van der Waals surface area (Å²) in [5.41, 5.74) is 7.40. The molecular weight excluding hydrogens is 228 g/mol. The molecule has 0 radical (unpaired) electrons. The van der Waals surface area contributed by atoms with Crippen LogP contribution in [0.3, 0.4) is 0 Å². The van der Waals surface area contributed by atoms with E-state index in [0.29, 0.717) is 32.4 Å². The van der Waals surface area contributed by atoms with Gasteiger partial charge in [0.2, 0.25) is 11.8 Å². The van der Waals surface area contributed by atoms with Crippen LogP contribution in [0.15, 0.2) is 24.3 Å². The van der Waals surface area contributed by atoms with Crippen molar-refractivity contribution in [2.24, 2.45) is 5.73 Å². The molecule has 0 aliphatic carbocycles. The van der Waals surface area contributed by atoms with Crippen LogP contribution in [0.5, 0.6) is 0 Å². The summed E-state index contributed by atoms with van der Waals surface area (Å²) in [6.45, 7) is 1.37. The van der Waals surface area contributed by atoms with Crippen molar-refractivity contribution >= 4 is 11.8 Å². The number of carbonyl (C=O) groups is 2. The summed E-state index contributed by atoms with van der Waals surface area (Å²) >= 11 is 0. The van der Waals surface area contributed by atoms with E-state index in [1.54, 1.807) is 0 Å². The zero-order valence-corrected chi connectivity index (χ0v) is 10.4. The molecule has 2 aliphatic heterocycles. The fourth-order valence-corrected chi connectivity index (χ4v) is 2.16. The Hall–Kier alpha value is -1.84. The molecule has 1 aromatic rings. The first-order chi connectivity index (χ1) is 8.65. The molecule has 2 heterocycles. The predicted molar refractivity (Wildman–Crippen MR) is 68.4 cm³/mol. The van der Waals surface area contributed by atoms with Gasteiger partial charge in [0.05, 0.1) is 0 Å². The Morgan fingerprint density at radius 1 is 1.00 bits per heavy atom. The van der Waals surface area contributed by atoms with E-state index in [1.165, 1.54) is 11.1 Å². The summed E-state index contributed by atoms with van der Waals surface area (Å²) < 4.78 is 0. The number of carbonyl (C=O) groups excluding carboxylic acids is 2. The van der Waals surface area contributed by atoms with Crippen LogP contribution in [0.25, 0.3) is 0 Å². The third kappa shape index (κ3) is 3.32. The first kappa shape index (κ1) is 12.6.